The van der Waals surface area contributed by atoms with E-state index in [9.17, 15) is 9.59 Å². The molecule has 1 heterocycles. The van der Waals surface area contributed by atoms with Crippen molar-refractivity contribution in [3.05, 3.63) is 0 Å². The molecule has 2 rings (SSSR count). The third-order valence-electron chi connectivity index (χ3n) is 4.64. The molecule has 1 aliphatic heterocycles. The van der Waals surface area contributed by atoms with Gasteiger partial charge in [-0.2, -0.15) is 11.8 Å². The molecule has 5 heteroatoms. The second-order valence-electron chi connectivity index (χ2n) is 6.32. The van der Waals surface area contributed by atoms with Gasteiger partial charge >= 0.3 is 0 Å². The molecule has 2 amide bonds. The number of rotatable bonds is 7. The molecule has 1 saturated heterocycles. The predicted octanol–water partition coefficient (Wildman–Crippen LogP) is 2.57. The Labute approximate surface area is 132 Å². The maximum atomic E-state index is 12.7. The van der Waals surface area contributed by atoms with Crippen LogP contribution in [0.4, 0.5) is 0 Å². The van der Waals surface area contributed by atoms with Crippen molar-refractivity contribution in [3.63, 3.8) is 0 Å². The van der Waals surface area contributed by atoms with Crippen LogP contribution in [-0.2, 0) is 9.59 Å². The summed E-state index contributed by atoms with van der Waals surface area (Å²) in [5.41, 5.74) is -0.563. The summed E-state index contributed by atoms with van der Waals surface area (Å²) in [5.74, 6) is 1.42. The zero-order chi connectivity index (χ0) is 15.1. The fourth-order valence-corrected chi connectivity index (χ4v) is 3.98. The van der Waals surface area contributed by atoms with E-state index < -0.39 is 5.54 Å². The zero-order valence-electron chi connectivity index (χ0n) is 13.2. The average Bonchev–Trinajstić information content (AvgIpc) is 2.48. The highest BCUT2D eigenvalue weighted by Crippen LogP contribution is 2.32. The van der Waals surface area contributed by atoms with Crippen LogP contribution in [0.2, 0.25) is 0 Å². The molecule has 2 fully saturated rings. The Balaban J connectivity index is 1.81. The summed E-state index contributed by atoms with van der Waals surface area (Å²) < 4.78 is 0. The molecular weight excluding hydrogens is 284 g/mol. The Morgan fingerprint density at radius 2 is 1.81 bits per heavy atom. The number of nitrogens with zero attached hydrogens (tertiary/aromatic N) is 1. The van der Waals surface area contributed by atoms with Crippen LogP contribution in [0.1, 0.15) is 57.8 Å². The average molecular weight is 312 g/mol. The normalized spacial score (nSPS) is 21.7. The Morgan fingerprint density at radius 3 is 2.52 bits per heavy atom. The number of thioether (sulfide) groups is 1. The number of carbonyl (C=O) groups is 2. The zero-order valence-corrected chi connectivity index (χ0v) is 14.0. The van der Waals surface area contributed by atoms with Crippen LogP contribution in [0.15, 0.2) is 0 Å². The molecule has 1 saturated carbocycles. The topological polar surface area (TPSA) is 49.4 Å². The van der Waals surface area contributed by atoms with Gasteiger partial charge in [-0.15, -0.1) is 0 Å². The number of unbranched alkanes of at least 4 members (excludes halogenated alkanes) is 3. The summed E-state index contributed by atoms with van der Waals surface area (Å²) in [4.78, 5) is 26.5. The van der Waals surface area contributed by atoms with E-state index in [1.54, 1.807) is 4.90 Å². The number of hydrogen-bond acceptors (Lipinski definition) is 3. The van der Waals surface area contributed by atoms with Crippen LogP contribution < -0.4 is 5.32 Å². The number of nitrogens with one attached hydrogen (secondary N) is 1. The minimum Gasteiger partial charge on any atom is -0.340 e. The molecule has 1 N–H and O–H groups in total. The van der Waals surface area contributed by atoms with Crippen molar-refractivity contribution in [3.8, 4) is 0 Å². The molecule has 0 radical (unpaired) electrons. The van der Waals surface area contributed by atoms with Crippen LogP contribution in [-0.4, -0.2) is 47.4 Å². The van der Waals surface area contributed by atoms with Crippen molar-refractivity contribution in [2.75, 3.05) is 25.1 Å². The van der Waals surface area contributed by atoms with Crippen molar-refractivity contribution in [2.45, 2.75) is 63.3 Å². The summed E-state index contributed by atoms with van der Waals surface area (Å²) in [7, 11) is 0. The molecule has 1 aliphatic carbocycles. The summed E-state index contributed by atoms with van der Waals surface area (Å²) in [6, 6.07) is 0. The Morgan fingerprint density at radius 1 is 1.10 bits per heavy atom. The van der Waals surface area contributed by atoms with E-state index >= 15 is 0 Å². The highest BCUT2D eigenvalue weighted by molar-refractivity contribution is 7.98. The van der Waals surface area contributed by atoms with Crippen LogP contribution in [0.5, 0.6) is 0 Å². The predicted molar refractivity (Wildman–Crippen MR) is 87.4 cm³/mol. The molecule has 0 atom stereocenters. The minimum absolute atomic E-state index is 0.0267. The first kappa shape index (κ1) is 16.7. The van der Waals surface area contributed by atoms with Gasteiger partial charge in [0.15, 0.2) is 0 Å². The lowest BCUT2D eigenvalue weighted by molar-refractivity contribution is -0.151. The van der Waals surface area contributed by atoms with Crippen LogP contribution in [0, 0.1) is 0 Å². The van der Waals surface area contributed by atoms with E-state index in [0.29, 0.717) is 0 Å². The molecule has 4 nitrogen and oxygen atoms in total. The summed E-state index contributed by atoms with van der Waals surface area (Å²) in [6.45, 7) is 0.999. The summed E-state index contributed by atoms with van der Waals surface area (Å²) >= 11 is 1.89. The molecule has 1 spiro atoms. The van der Waals surface area contributed by atoms with Gasteiger partial charge in [0.2, 0.25) is 11.8 Å². The lowest BCUT2D eigenvalue weighted by Crippen LogP contribution is -2.67. The Bertz CT molecular complexity index is 367. The lowest BCUT2D eigenvalue weighted by Gasteiger charge is -2.44. The second-order valence-corrected chi connectivity index (χ2v) is 7.31. The van der Waals surface area contributed by atoms with E-state index in [0.717, 1.165) is 45.1 Å². The number of amides is 2. The van der Waals surface area contributed by atoms with Crippen molar-refractivity contribution < 1.29 is 9.59 Å². The van der Waals surface area contributed by atoms with Crippen molar-refractivity contribution in [1.82, 2.24) is 10.2 Å². The van der Waals surface area contributed by atoms with Crippen LogP contribution in [0.3, 0.4) is 0 Å². The van der Waals surface area contributed by atoms with E-state index in [1.165, 1.54) is 25.0 Å². The van der Waals surface area contributed by atoms with Crippen molar-refractivity contribution in [2.24, 2.45) is 0 Å². The van der Waals surface area contributed by atoms with Crippen molar-refractivity contribution in [1.29, 1.82) is 0 Å². The maximum absolute atomic E-state index is 12.7. The summed E-state index contributed by atoms with van der Waals surface area (Å²) in [6.07, 6.45) is 11.7. The van der Waals surface area contributed by atoms with Gasteiger partial charge in [-0.1, -0.05) is 32.1 Å². The second kappa shape index (κ2) is 8.06. The molecule has 120 valence electrons. The van der Waals surface area contributed by atoms with Crippen molar-refractivity contribution >= 4 is 23.6 Å². The van der Waals surface area contributed by atoms with Gasteiger partial charge in [0.05, 0.1) is 6.54 Å². The Kier molecular flexibility index (Phi) is 6.40. The molecule has 0 aromatic rings. The molecule has 21 heavy (non-hydrogen) atoms. The first-order valence-corrected chi connectivity index (χ1v) is 9.67. The van der Waals surface area contributed by atoms with E-state index in [2.05, 4.69) is 11.6 Å². The summed E-state index contributed by atoms with van der Waals surface area (Å²) in [5, 5.41) is 3.00. The van der Waals surface area contributed by atoms with E-state index in [1.807, 2.05) is 11.8 Å². The van der Waals surface area contributed by atoms with E-state index in [4.69, 9.17) is 0 Å². The fraction of sp³-hybridized carbons (Fsp3) is 0.875. The van der Waals surface area contributed by atoms with Gasteiger partial charge in [0, 0.05) is 6.54 Å². The fourth-order valence-electron chi connectivity index (χ4n) is 3.49. The molecule has 0 unspecified atom stereocenters. The van der Waals surface area contributed by atoms with Crippen LogP contribution >= 0.6 is 11.8 Å². The van der Waals surface area contributed by atoms with Gasteiger partial charge in [-0.25, -0.2) is 0 Å². The van der Waals surface area contributed by atoms with Gasteiger partial charge < -0.3 is 10.2 Å². The highest BCUT2D eigenvalue weighted by Gasteiger charge is 2.46. The largest absolute Gasteiger partial charge is 0.340 e. The van der Waals surface area contributed by atoms with Gasteiger partial charge in [0.25, 0.3) is 0 Å². The Hall–Kier alpha value is -0.710. The first-order valence-electron chi connectivity index (χ1n) is 8.27. The third-order valence-corrected chi connectivity index (χ3v) is 5.34. The van der Waals surface area contributed by atoms with E-state index in [-0.39, 0.29) is 18.4 Å². The monoisotopic (exact) mass is 312 g/mol. The van der Waals surface area contributed by atoms with Gasteiger partial charge in [-0.3, -0.25) is 9.59 Å². The van der Waals surface area contributed by atoms with Gasteiger partial charge in [-0.05, 0) is 37.7 Å². The quantitative estimate of drug-likeness (QED) is 0.735. The third kappa shape index (κ3) is 4.38. The molecular formula is C16H28N2O2S. The molecule has 0 aromatic carbocycles. The molecule has 0 bridgehead atoms. The number of piperazine rings is 1. The first-order chi connectivity index (χ1) is 10.2. The lowest BCUT2D eigenvalue weighted by atomic mass is 9.79. The maximum Gasteiger partial charge on any atom is 0.248 e. The number of hydrogen-bond donors (Lipinski definition) is 1. The molecule has 2 aliphatic rings. The number of carbonyl (C=O) groups excluding carboxylic acids is 2. The van der Waals surface area contributed by atoms with Gasteiger partial charge in [0.1, 0.15) is 5.54 Å². The SMILES string of the molecule is CSCCCCCCN1CC(=O)NC2(CCCCC2)C1=O. The molecule has 0 aromatic heterocycles. The smallest absolute Gasteiger partial charge is 0.248 e. The standard InChI is InChI=1S/C16H28N2O2S/c1-21-12-8-3-2-7-11-18-13-14(19)17-16(15(18)20)9-5-4-6-10-16/h2-13H2,1H3,(H,17,19). The van der Waals surface area contributed by atoms with Crippen LogP contribution in [0.25, 0.3) is 0 Å². The highest BCUT2D eigenvalue weighted by atomic mass is 32.2. The minimum atomic E-state index is -0.563.